The highest BCUT2D eigenvalue weighted by Gasteiger charge is 2.38. The van der Waals surface area contributed by atoms with E-state index < -0.39 is 24.0 Å². The van der Waals surface area contributed by atoms with Crippen LogP contribution in [0.15, 0.2) is 0 Å². The summed E-state index contributed by atoms with van der Waals surface area (Å²) in [6.07, 6.45) is 0.563. The minimum atomic E-state index is -1.10. The molecule has 2 heterocycles. The van der Waals surface area contributed by atoms with Gasteiger partial charge in [-0.15, -0.1) is 0 Å². The summed E-state index contributed by atoms with van der Waals surface area (Å²) in [6, 6.07) is -0.923. The quantitative estimate of drug-likeness (QED) is 0.673. The number of carbonyl (C=O) groups is 3. The third-order valence-electron chi connectivity index (χ3n) is 3.19. The number of amides is 2. The van der Waals surface area contributed by atoms with E-state index in [9.17, 15) is 14.4 Å². The van der Waals surface area contributed by atoms with E-state index in [2.05, 4.69) is 5.32 Å². The molecule has 2 fully saturated rings. The van der Waals surface area contributed by atoms with E-state index >= 15 is 0 Å². The summed E-state index contributed by atoms with van der Waals surface area (Å²) in [7, 11) is 0. The lowest BCUT2D eigenvalue weighted by molar-refractivity contribution is -0.153. The third kappa shape index (κ3) is 2.61. The van der Waals surface area contributed by atoms with E-state index in [0.717, 1.165) is 6.42 Å². The molecule has 2 atom stereocenters. The lowest BCUT2D eigenvalue weighted by Crippen LogP contribution is -2.59. The molecule has 18 heavy (non-hydrogen) atoms. The fourth-order valence-corrected chi connectivity index (χ4v) is 2.30. The molecular weight excluding hydrogens is 240 g/mol. The van der Waals surface area contributed by atoms with Crippen molar-refractivity contribution >= 4 is 17.8 Å². The minimum Gasteiger partial charge on any atom is -0.481 e. The Kier molecular flexibility index (Phi) is 3.81. The SMILES string of the molecule is O=C(O)CC1C(=O)NCCN1C(=O)[C@H]1CCCO1. The van der Waals surface area contributed by atoms with Crippen molar-refractivity contribution in [2.24, 2.45) is 0 Å². The molecule has 100 valence electrons. The van der Waals surface area contributed by atoms with Crippen molar-refractivity contribution in [2.75, 3.05) is 19.7 Å². The Morgan fingerprint density at radius 3 is 2.89 bits per heavy atom. The summed E-state index contributed by atoms with van der Waals surface area (Å²) in [5, 5.41) is 11.4. The molecule has 7 nitrogen and oxygen atoms in total. The number of ether oxygens (including phenoxy) is 1. The van der Waals surface area contributed by atoms with Gasteiger partial charge in [-0.1, -0.05) is 0 Å². The molecule has 0 radical (unpaired) electrons. The van der Waals surface area contributed by atoms with Crippen LogP contribution in [0.4, 0.5) is 0 Å². The number of hydrogen-bond donors (Lipinski definition) is 2. The standard InChI is InChI=1S/C11H16N2O5/c14-9(15)6-7-10(16)12-3-4-13(7)11(17)8-2-1-5-18-8/h7-8H,1-6H2,(H,12,16)(H,14,15)/t7?,8-/m1/s1. The van der Waals surface area contributed by atoms with Gasteiger partial charge in [0, 0.05) is 19.7 Å². The van der Waals surface area contributed by atoms with Crippen LogP contribution in [0.1, 0.15) is 19.3 Å². The maximum Gasteiger partial charge on any atom is 0.305 e. The second-order valence-corrected chi connectivity index (χ2v) is 4.44. The fraction of sp³-hybridized carbons (Fsp3) is 0.727. The van der Waals surface area contributed by atoms with E-state index in [-0.39, 0.29) is 12.3 Å². The van der Waals surface area contributed by atoms with Crippen LogP contribution in [0, 0.1) is 0 Å². The van der Waals surface area contributed by atoms with Gasteiger partial charge in [0.05, 0.1) is 6.42 Å². The summed E-state index contributed by atoms with van der Waals surface area (Å²) >= 11 is 0. The molecule has 2 aliphatic rings. The van der Waals surface area contributed by atoms with Crippen molar-refractivity contribution in [3.63, 3.8) is 0 Å². The molecule has 0 spiro atoms. The van der Waals surface area contributed by atoms with Crippen LogP contribution in [-0.4, -0.2) is 59.6 Å². The maximum atomic E-state index is 12.2. The van der Waals surface area contributed by atoms with Crippen LogP contribution >= 0.6 is 0 Å². The highest BCUT2D eigenvalue weighted by Crippen LogP contribution is 2.18. The molecule has 0 aromatic rings. The molecular formula is C11H16N2O5. The van der Waals surface area contributed by atoms with Gasteiger partial charge < -0.3 is 20.1 Å². The number of carboxylic acid groups (broad SMARTS) is 1. The Bertz CT molecular complexity index is 364. The van der Waals surface area contributed by atoms with Crippen molar-refractivity contribution in [2.45, 2.75) is 31.4 Å². The Balaban J connectivity index is 2.09. The lowest BCUT2D eigenvalue weighted by Gasteiger charge is -2.35. The zero-order valence-corrected chi connectivity index (χ0v) is 9.92. The van der Waals surface area contributed by atoms with Crippen LogP contribution in [0.25, 0.3) is 0 Å². The molecule has 1 unspecified atom stereocenters. The zero-order valence-electron chi connectivity index (χ0n) is 9.92. The molecule has 0 bridgehead atoms. The van der Waals surface area contributed by atoms with Crippen molar-refractivity contribution in [1.82, 2.24) is 10.2 Å². The average molecular weight is 256 g/mol. The van der Waals surface area contributed by atoms with Gasteiger partial charge >= 0.3 is 5.97 Å². The predicted molar refractivity (Wildman–Crippen MR) is 59.7 cm³/mol. The van der Waals surface area contributed by atoms with Crippen LogP contribution < -0.4 is 5.32 Å². The van der Waals surface area contributed by atoms with Crippen LogP contribution in [-0.2, 0) is 19.1 Å². The average Bonchev–Trinajstić information content (AvgIpc) is 2.84. The number of piperazine rings is 1. The van der Waals surface area contributed by atoms with Crippen LogP contribution in [0.3, 0.4) is 0 Å². The largest absolute Gasteiger partial charge is 0.481 e. The van der Waals surface area contributed by atoms with Gasteiger partial charge in [-0.2, -0.15) is 0 Å². The van der Waals surface area contributed by atoms with E-state index in [1.807, 2.05) is 0 Å². The number of carbonyl (C=O) groups excluding carboxylic acids is 2. The van der Waals surface area contributed by atoms with Crippen molar-refractivity contribution in [1.29, 1.82) is 0 Å². The highest BCUT2D eigenvalue weighted by molar-refractivity contribution is 5.92. The molecule has 0 aromatic heterocycles. The van der Waals surface area contributed by atoms with E-state index in [1.54, 1.807) is 0 Å². The van der Waals surface area contributed by atoms with E-state index in [1.165, 1.54) is 4.90 Å². The minimum absolute atomic E-state index is 0.270. The van der Waals surface area contributed by atoms with E-state index in [0.29, 0.717) is 26.1 Å². The van der Waals surface area contributed by atoms with Gasteiger partial charge in [0.2, 0.25) is 5.91 Å². The topological polar surface area (TPSA) is 95.9 Å². The monoisotopic (exact) mass is 256 g/mol. The normalized spacial score (nSPS) is 28.0. The fourth-order valence-electron chi connectivity index (χ4n) is 2.30. The predicted octanol–water partition coefficient (Wildman–Crippen LogP) is -1.03. The number of hydrogen-bond acceptors (Lipinski definition) is 4. The molecule has 0 aromatic carbocycles. The molecule has 2 N–H and O–H groups in total. The maximum absolute atomic E-state index is 12.2. The van der Waals surface area contributed by atoms with Gasteiger partial charge in [-0.05, 0) is 12.8 Å². The van der Waals surface area contributed by atoms with Crippen LogP contribution in [0.5, 0.6) is 0 Å². The second-order valence-electron chi connectivity index (χ2n) is 4.44. The molecule has 2 amide bonds. The number of carboxylic acids is 1. The van der Waals surface area contributed by atoms with Crippen molar-refractivity contribution in [3.05, 3.63) is 0 Å². The molecule has 7 heteroatoms. The Hall–Kier alpha value is -1.63. The first kappa shape index (κ1) is 12.8. The third-order valence-corrected chi connectivity index (χ3v) is 3.19. The first-order chi connectivity index (χ1) is 8.59. The number of nitrogens with zero attached hydrogens (tertiary/aromatic N) is 1. The first-order valence-electron chi connectivity index (χ1n) is 6.01. The van der Waals surface area contributed by atoms with Crippen molar-refractivity contribution in [3.8, 4) is 0 Å². The van der Waals surface area contributed by atoms with Gasteiger partial charge in [-0.25, -0.2) is 0 Å². The Morgan fingerprint density at radius 2 is 2.28 bits per heavy atom. The van der Waals surface area contributed by atoms with Crippen molar-refractivity contribution < 1.29 is 24.2 Å². The van der Waals surface area contributed by atoms with Gasteiger partial charge in [-0.3, -0.25) is 14.4 Å². The second kappa shape index (κ2) is 5.34. The summed E-state index contributed by atoms with van der Waals surface area (Å²) in [5.41, 5.74) is 0. The Morgan fingerprint density at radius 1 is 1.50 bits per heavy atom. The molecule has 0 aliphatic carbocycles. The smallest absolute Gasteiger partial charge is 0.305 e. The summed E-state index contributed by atoms with van der Waals surface area (Å²) in [5.74, 6) is -1.77. The first-order valence-corrected chi connectivity index (χ1v) is 6.01. The molecule has 2 aliphatic heterocycles. The van der Waals surface area contributed by atoms with Gasteiger partial charge in [0.25, 0.3) is 5.91 Å². The highest BCUT2D eigenvalue weighted by atomic mass is 16.5. The van der Waals surface area contributed by atoms with Gasteiger partial charge in [0.1, 0.15) is 12.1 Å². The summed E-state index contributed by atoms with van der Waals surface area (Å²) in [6.45, 7) is 1.23. The zero-order chi connectivity index (χ0) is 13.1. The number of rotatable bonds is 3. The van der Waals surface area contributed by atoms with E-state index in [4.69, 9.17) is 9.84 Å². The lowest BCUT2D eigenvalue weighted by atomic mass is 10.1. The summed E-state index contributed by atoms with van der Waals surface area (Å²) < 4.78 is 5.29. The summed E-state index contributed by atoms with van der Waals surface area (Å²) in [4.78, 5) is 35.9. The number of aliphatic carboxylic acids is 1. The van der Waals surface area contributed by atoms with Crippen LogP contribution in [0.2, 0.25) is 0 Å². The molecule has 2 saturated heterocycles. The van der Waals surface area contributed by atoms with Gasteiger partial charge in [0.15, 0.2) is 0 Å². The Labute approximate surface area is 104 Å². The molecule has 2 rings (SSSR count). The number of nitrogens with one attached hydrogen (secondary N) is 1. The molecule has 0 saturated carbocycles.